The molecule has 0 aromatic rings. The number of nitrogens with one attached hydrogen (secondary N) is 1. The van der Waals surface area contributed by atoms with E-state index in [9.17, 15) is 0 Å². The van der Waals surface area contributed by atoms with Gasteiger partial charge in [0.1, 0.15) is 0 Å². The molecule has 7 N–H and O–H groups in total. The third kappa shape index (κ3) is 2080. The molecule has 0 unspecified atom stereocenters. The first-order chi connectivity index (χ1) is 1.41. The summed E-state index contributed by atoms with van der Waals surface area (Å²) in [6.45, 7) is 0. The molecule has 53 valence electrons. The van der Waals surface area contributed by atoms with Gasteiger partial charge in [-0.15, -0.1) is 0 Å². The van der Waals surface area contributed by atoms with Crippen LogP contribution in [0.2, 0.25) is 0 Å². The fraction of sp³-hybridized carbons (Fsp3) is 0. The van der Waals surface area contributed by atoms with Crippen molar-refractivity contribution in [2.24, 2.45) is 0 Å². The van der Waals surface area contributed by atoms with Crippen LogP contribution >= 0.6 is 0 Å². The Balaban J connectivity index is -0.00000000333. The van der Waals surface area contributed by atoms with Gasteiger partial charge in [-0.05, 0) is 0 Å². The van der Waals surface area contributed by atoms with Gasteiger partial charge in [0.05, 0.1) is 0 Å². The molecular weight excluding hydrogens is 158 g/mol. The van der Waals surface area contributed by atoms with Crippen LogP contribution in [0.1, 0.15) is 0 Å². The molecule has 0 aliphatic heterocycles. The Hall–Kier alpha value is -0.201. The Kier molecular flexibility index (Phi) is 2110. The van der Waals surface area contributed by atoms with Gasteiger partial charge < -0.3 is 16.4 Å². The molecule has 0 bridgehead atoms. The summed E-state index contributed by atoms with van der Waals surface area (Å²) in [5, 5.41) is 8.38. The summed E-state index contributed by atoms with van der Waals surface area (Å²) in [4.78, 5) is 8.12. The van der Waals surface area contributed by atoms with Gasteiger partial charge in [-0.1, -0.05) is 0 Å². The van der Waals surface area contributed by atoms with E-state index in [1.54, 1.807) is 0 Å². The summed E-state index contributed by atoms with van der Waals surface area (Å²) in [6.07, 6.45) is 0. The summed E-state index contributed by atoms with van der Waals surface area (Å²) in [7, 11) is 0. The molecule has 0 aromatic carbocycles. The Morgan fingerprint density at radius 3 is 1.14 bits per heavy atom. The van der Waals surface area contributed by atoms with Crippen LogP contribution in [-0.2, 0) is 17.1 Å². The number of hydrogen-bond donors (Lipinski definition) is 1. The van der Waals surface area contributed by atoms with Crippen molar-refractivity contribution in [3.05, 3.63) is 10.1 Å². The van der Waals surface area contributed by atoms with Gasteiger partial charge in [0, 0.05) is 22.4 Å². The van der Waals surface area contributed by atoms with Crippen LogP contribution in [0.5, 0.6) is 0 Å². The van der Waals surface area contributed by atoms with Crippen molar-refractivity contribution in [1.29, 1.82) is 0 Å². The maximum absolute atomic E-state index is 8.12. The van der Waals surface area contributed by atoms with Crippen LogP contribution in [-0.4, -0.2) is 16.4 Å². The molecule has 0 aliphatic rings. The zero-order valence-electron chi connectivity index (χ0n) is 3.12. The fourth-order valence-electron chi connectivity index (χ4n) is 0. The van der Waals surface area contributed by atoms with Gasteiger partial charge in [-0.2, -0.15) is 0 Å². The number of rotatable bonds is 0. The van der Waals surface area contributed by atoms with Crippen LogP contribution in [0.15, 0.2) is 0 Å². The molecule has 0 rings (SSSR count). The van der Waals surface area contributed by atoms with Crippen LogP contribution in [0.4, 0.5) is 0 Å². The normalized spacial score (nSPS) is 1.71. The molecule has 6 nitrogen and oxygen atoms in total. The summed E-state index contributed by atoms with van der Waals surface area (Å²) in [5.74, 6) is 0. The third-order valence-corrected chi connectivity index (χ3v) is 0. The molecule has 0 fully saturated rings. The van der Waals surface area contributed by atoms with E-state index < -0.39 is 0 Å². The van der Waals surface area contributed by atoms with Gasteiger partial charge in [-0.25, -0.2) is 0 Å². The van der Waals surface area contributed by atoms with Crippen molar-refractivity contribution in [3.63, 3.8) is 0 Å². The van der Waals surface area contributed by atoms with Gasteiger partial charge >= 0.3 is 0 Å². The van der Waals surface area contributed by atoms with E-state index >= 15 is 0 Å². The van der Waals surface area contributed by atoms with Crippen LogP contribution in [0.3, 0.4) is 0 Å². The van der Waals surface area contributed by atoms with Crippen molar-refractivity contribution in [2.75, 3.05) is 0 Å². The summed E-state index contributed by atoms with van der Waals surface area (Å²) >= 11 is 0. The first-order valence-corrected chi connectivity index (χ1v) is 0.408. The monoisotopic (exact) mass is 164 g/mol. The van der Waals surface area contributed by atoms with E-state index in [4.69, 9.17) is 10.1 Å². The second-order valence-electron chi connectivity index (χ2n) is 0.0833. The second kappa shape index (κ2) is 209. The molecule has 7 heteroatoms. The molecular formula is H7CuNO5. The van der Waals surface area contributed by atoms with Crippen molar-refractivity contribution in [1.82, 2.24) is 0 Å². The molecule has 0 amide bonds. The van der Waals surface area contributed by atoms with Crippen LogP contribution in [0, 0.1) is 10.1 Å². The molecule has 0 spiro atoms. The number of hydrogen-bond acceptors (Lipinski definition) is 2. The Bertz CT molecular complexity index is 15.6. The van der Waals surface area contributed by atoms with Crippen molar-refractivity contribution >= 4 is 0 Å². The molecule has 0 aromatic heterocycles. The largest absolute Gasteiger partial charge is 0.412 e. The van der Waals surface area contributed by atoms with Crippen LogP contribution < -0.4 is 5.34 Å². The average molecular weight is 165 g/mol. The van der Waals surface area contributed by atoms with E-state index in [-0.39, 0.29) is 38.8 Å². The van der Waals surface area contributed by atoms with Crippen molar-refractivity contribution in [2.45, 2.75) is 0 Å². The summed E-state index contributed by atoms with van der Waals surface area (Å²) in [5.41, 5.74) is 0. The standard InChI is InChI=1S/Cu.HNO2.3H2O/c;2-1-3;;;/h;1H;3*1H2. The molecule has 0 aliphatic carbocycles. The first-order valence-electron chi connectivity index (χ1n) is 0.408. The zero-order valence-corrected chi connectivity index (χ0v) is 4.06. The van der Waals surface area contributed by atoms with E-state index in [2.05, 4.69) is 0 Å². The quantitative estimate of drug-likeness (QED) is 0.220. The average Bonchev–Trinajstić information content (AvgIpc) is 0.918. The van der Waals surface area contributed by atoms with Gasteiger partial charge in [0.2, 0.25) is 0 Å². The topological polar surface area (TPSA) is 149 Å². The van der Waals surface area contributed by atoms with E-state index in [0.29, 0.717) is 0 Å². The zero-order chi connectivity index (χ0) is 2.71. The molecule has 0 heterocycles. The van der Waals surface area contributed by atoms with Crippen LogP contribution in [0.25, 0.3) is 0 Å². The van der Waals surface area contributed by atoms with Crippen molar-refractivity contribution < 1.29 is 38.8 Å². The Labute approximate surface area is 49.9 Å². The summed E-state index contributed by atoms with van der Waals surface area (Å²) < 4.78 is 0. The molecule has 7 heavy (non-hydrogen) atoms. The van der Waals surface area contributed by atoms with Crippen molar-refractivity contribution in [3.8, 4) is 0 Å². The van der Waals surface area contributed by atoms with Gasteiger partial charge in [-0.3, -0.25) is 10.1 Å². The Morgan fingerprint density at radius 2 is 1.14 bits per heavy atom. The van der Waals surface area contributed by atoms with Gasteiger partial charge in [0.25, 0.3) is 0 Å². The summed E-state index contributed by atoms with van der Waals surface area (Å²) in [6, 6.07) is 0. The predicted molar refractivity (Wildman–Crippen MR) is 18.5 cm³/mol. The first kappa shape index (κ1) is 70.6. The molecule has 0 saturated heterocycles. The van der Waals surface area contributed by atoms with E-state index in [1.807, 2.05) is 0 Å². The minimum Gasteiger partial charge on any atom is -0.412 e. The van der Waals surface area contributed by atoms with E-state index in [1.165, 1.54) is 0 Å². The molecule has 0 atom stereocenters. The molecule has 1 radical (unpaired) electrons. The maximum Gasteiger partial charge on any atom is 0.00366 e. The minimum atomic E-state index is 0. The smallest absolute Gasteiger partial charge is 0.00366 e. The Morgan fingerprint density at radius 1 is 1.14 bits per heavy atom. The second-order valence-corrected chi connectivity index (χ2v) is 0.0833. The fourth-order valence-corrected chi connectivity index (χ4v) is 0. The van der Waals surface area contributed by atoms with E-state index in [0.717, 1.165) is 0 Å². The minimum absolute atomic E-state index is 0. The molecule has 0 saturated carbocycles. The predicted octanol–water partition coefficient (Wildman–Crippen LogP) is -4.15. The SMILES string of the molecule is O.O.O.O=[NH+][O-].[Cu]. The maximum atomic E-state index is 8.12. The third-order valence-electron chi connectivity index (χ3n) is 0. The van der Waals surface area contributed by atoms with Gasteiger partial charge in [0.15, 0.2) is 0 Å².